The molecule has 1 aromatic carbocycles. The molecule has 0 bridgehead atoms. The molecule has 0 radical (unpaired) electrons. The van der Waals surface area contributed by atoms with Crippen LogP contribution < -0.4 is 0 Å². The van der Waals surface area contributed by atoms with Gasteiger partial charge in [0.05, 0.1) is 26.2 Å². The number of rotatable bonds is 4. The van der Waals surface area contributed by atoms with Crippen LogP contribution in [0.5, 0.6) is 0 Å². The fourth-order valence-electron chi connectivity index (χ4n) is 2.25. The summed E-state index contributed by atoms with van der Waals surface area (Å²) in [7, 11) is 1.35. The number of methoxy groups -OCH3 is 1. The van der Waals surface area contributed by atoms with E-state index in [0.717, 1.165) is 5.56 Å². The molecule has 0 spiro atoms. The maximum atomic E-state index is 12.1. The van der Waals surface area contributed by atoms with Gasteiger partial charge in [0, 0.05) is 13.1 Å². The molecule has 6 nitrogen and oxygen atoms in total. The molecule has 1 amide bonds. The van der Waals surface area contributed by atoms with E-state index in [9.17, 15) is 9.59 Å². The van der Waals surface area contributed by atoms with Gasteiger partial charge in [0.15, 0.2) is 0 Å². The minimum absolute atomic E-state index is 0.209. The summed E-state index contributed by atoms with van der Waals surface area (Å²) in [6.45, 7) is 1.62. The summed E-state index contributed by atoms with van der Waals surface area (Å²) < 4.78 is 15.5. The standard InChI is InChI=1S/C16H21NO5/c1-20-15(18)11-14-7-8-17(9-10-21-14)16(19)22-12-13-5-3-2-4-6-13/h2-6,14H,7-12H2,1H3/t14-/m0/s1. The third-order valence-electron chi connectivity index (χ3n) is 3.52. The predicted octanol–water partition coefficient (Wildman–Crippen LogP) is 1.98. The maximum Gasteiger partial charge on any atom is 0.410 e. The van der Waals surface area contributed by atoms with Crippen LogP contribution in [0.25, 0.3) is 0 Å². The van der Waals surface area contributed by atoms with Crippen molar-refractivity contribution >= 4 is 12.1 Å². The quantitative estimate of drug-likeness (QED) is 0.796. The van der Waals surface area contributed by atoms with Crippen LogP contribution >= 0.6 is 0 Å². The van der Waals surface area contributed by atoms with Crippen LogP contribution in [0.15, 0.2) is 30.3 Å². The highest BCUT2D eigenvalue weighted by atomic mass is 16.6. The molecular formula is C16H21NO5. The lowest BCUT2D eigenvalue weighted by Crippen LogP contribution is -2.33. The Morgan fingerprint density at radius 1 is 1.27 bits per heavy atom. The number of nitrogens with zero attached hydrogens (tertiary/aromatic N) is 1. The molecule has 1 saturated heterocycles. The zero-order valence-corrected chi connectivity index (χ0v) is 12.7. The Balaban J connectivity index is 1.77. The molecule has 6 heteroatoms. The van der Waals surface area contributed by atoms with Gasteiger partial charge in [-0.25, -0.2) is 4.79 Å². The number of benzene rings is 1. The molecular weight excluding hydrogens is 286 g/mol. The van der Waals surface area contributed by atoms with E-state index >= 15 is 0 Å². The normalized spacial score (nSPS) is 18.4. The van der Waals surface area contributed by atoms with Crippen molar-refractivity contribution in [3.05, 3.63) is 35.9 Å². The van der Waals surface area contributed by atoms with Gasteiger partial charge in [-0.2, -0.15) is 0 Å². The minimum atomic E-state index is -0.355. The average molecular weight is 307 g/mol. The Morgan fingerprint density at radius 3 is 2.77 bits per heavy atom. The van der Waals surface area contributed by atoms with Crippen LogP contribution in [-0.2, 0) is 25.6 Å². The molecule has 2 rings (SSSR count). The molecule has 1 aromatic rings. The highest BCUT2D eigenvalue weighted by Crippen LogP contribution is 2.12. The van der Waals surface area contributed by atoms with Crippen LogP contribution in [-0.4, -0.2) is 49.9 Å². The fourth-order valence-corrected chi connectivity index (χ4v) is 2.25. The second-order valence-corrected chi connectivity index (χ2v) is 5.09. The molecule has 1 heterocycles. The van der Waals surface area contributed by atoms with Crippen LogP contribution in [0.1, 0.15) is 18.4 Å². The summed E-state index contributed by atoms with van der Waals surface area (Å²) in [6, 6.07) is 9.54. The summed E-state index contributed by atoms with van der Waals surface area (Å²) >= 11 is 0. The first-order chi connectivity index (χ1) is 10.7. The lowest BCUT2D eigenvalue weighted by molar-refractivity contribution is -0.143. The lowest BCUT2D eigenvalue weighted by atomic mass is 10.2. The fraction of sp³-hybridized carbons (Fsp3) is 0.500. The topological polar surface area (TPSA) is 65.1 Å². The van der Waals surface area contributed by atoms with Crippen LogP contribution in [0, 0.1) is 0 Å². The zero-order chi connectivity index (χ0) is 15.8. The van der Waals surface area contributed by atoms with Gasteiger partial charge >= 0.3 is 12.1 Å². The van der Waals surface area contributed by atoms with Gasteiger partial charge in [-0.15, -0.1) is 0 Å². The van der Waals surface area contributed by atoms with Gasteiger partial charge in [0.25, 0.3) is 0 Å². The average Bonchev–Trinajstić information content (AvgIpc) is 2.79. The predicted molar refractivity (Wildman–Crippen MR) is 79.2 cm³/mol. The number of hydrogen-bond acceptors (Lipinski definition) is 5. The van der Waals surface area contributed by atoms with E-state index in [0.29, 0.717) is 26.1 Å². The third kappa shape index (κ3) is 5.04. The first-order valence-electron chi connectivity index (χ1n) is 7.33. The molecule has 1 aliphatic heterocycles. The highest BCUT2D eigenvalue weighted by molar-refractivity contribution is 5.70. The summed E-state index contributed by atoms with van der Waals surface area (Å²) in [5.41, 5.74) is 0.950. The molecule has 1 aliphatic rings. The Bertz CT molecular complexity index is 491. The van der Waals surface area contributed by atoms with Crippen molar-refractivity contribution in [1.29, 1.82) is 0 Å². The second kappa shape index (κ2) is 8.38. The zero-order valence-electron chi connectivity index (χ0n) is 12.7. The van der Waals surface area contributed by atoms with E-state index in [4.69, 9.17) is 9.47 Å². The van der Waals surface area contributed by atoms with Crippen molar-refractivity contribution in [1.82, 2.24) is 4.90 Å². The van der Waals surface area contributed by atoms with Crippen LogP contribution in [0.3, 0.4) is 0 Å². The van der Waals surface area contributed by atoms with Crippen molar-refractivity contribution in [2.75, 3.05) is 26.8 Å². The van der Waals surface area contributed by atoms with E-state index in [1.807, 2.05) is 30.3 Å². The van der Waals surface area contributed by atoms with Crippen molar-refractivity contribution in [3.63, 3.8) is 0 Å². The second-order valence-electron chi connectivity index (χ2n) is 5.09. The Morgan fingerprint density at radius 2 is 2.05 bits per heavy atom. The minimum Gasteiger partial charge on any atom is -0.469 e. The van der Waals surface area contributed by atoms with Gasteiger partial charge < -0.3 is 19.1 Å². The van der Waals surface area contributed by atoms with E-state index < -0.39 is 0 Å². The van der Waals surface area contributed by atoms with E-state index in [-0.39, 0.29) is 31.2 Å². The number of carbonyl (C=O) groups is 2. The number of amides is 1. The third-order valence-corrected chi connectivity index (χ3v) is 3.52. The van der Waals surface area contributed by atoms with Crippen LogP contribution in [0.4, 0.5) is 4.79 Å². The van der Waals surface area contributed by atoms with Crippen molar-refractivity contribution < 1.29 is 23.8 Å². The monoisotopic (exact) mass is 307 g/mol. The molecule has 22 heavy (non-hydrogen) atoms. The molecule has 1 fully saturated rings. The molecule has 0 saturated carbocycles. The lowest BCUT2D eigenvalue weighted by Gasteiger charge is -2.19. The van der Waals surface area contributed by atoms with E-state index in [1.165, 1.54) is 7.11 Å². The van der Waals surface area contributed by atoms with Gasteiger partial charge in [0.1, 0.15) is 6.61 Å². The van der Waals surface area contributed by atoms with E-state index in [2.05, 4.69) is 4.74 Å². The number of esters is 1. The van der Waals surface area contributed by atoms with Gasteiger partial charge in [-0.05, 0) is 12.0 Å². The summed E-state index contributed by atoms with van der Waals surface area (Å²) in [5.74, 6) is -0.301. The molecule has 0 aromatic heterocycles. The van der Waals surface area contributed by atoms with Crippen molar-refractivity contribution in [2.24, 2.45) is 0 Å². The Hall–Kier alpha value is -2.08. The Labute approximate surface area is 129 Å². The maximum absolute atomic E-state index is 12.1. The SMILES string of the molecule is COC(=O)C[C@@H]1CCN(C(=O)OCc2ccccc2)CCO1. The van der Waals surface area contributed by atoms with Crippen molar-refractivity contribution in [2.45, 2.75) is 25.6 Å². The summed E-state index contributed by atoms with van der Waals surface area (Å²) in [5, 5.41) is 0. The molecule has 120 valence electrons. The number of hydrogen-bond donors (Lipinski definition) is 0. The van der Waals surface area contributed by atoms with E-state index in [1.54, 1.807) is 4.90 Å². The highest BCUT2D eigenvalue weighted by Gasteiger charge is 2.23. The summed E-state index contributed by atoms with van der Waals surface area (Å²) in [6.07, 6.45) is 0.240. The number of carbonyl (C=O) groups excluding carboxylic acids is 2. The van der Waals surface area contributed by atoms with Crippen molar-refractivity contribution in [3.8, 4) is 0 Å². The first kappa shape index (κ1) is 16.3. The molecule has 0 unspecified atom stereocenters. The molecule has 0 aliphatic carbocycles. The van der Waals surface area contributed by atoms with Gasteiger partial charge in [-0.3, -0.25) is 4.79 Å². The smallest absolute Gasteiger partial charge is 0.410 e. The first-order valence-corrected chi connectivity index (χ1v) is 7.33. The largest absolute Gasteiger partial charge is 0.469 e. The van der Waals surface area contributed by atoms with Crippen LogP contribution in [0.2, 0.25) is 0 Å². The molecule has 1 atom stereocenters. The molecule has 0 N–H and O–H groups in total. The number of ether oxygens (including phenoxy) is 3. The van der Waals surface area contributed by atoms with Gasteiger partial charge in [0.2, 0.25) is 0 Å². The Kier molecular flexibility index (Phi) is 6.21. The van der Waals surface area contributed by atoms with Gasteiger partial charge in [-0.1, -0.05) is 30.3 Å². The summed E-state index contributed by atoms with van der Waals surface area (Å²) in [4.78, 5) is 24.9.